The number of esters is 1. The zero-order valence-corrected chi connectivity index (χ0v) is 15.6. The van der Waals surface area contributed by atoms with Crippen LogP contribution in [0.1, 0.15) is 32.6 Å². The number of anilines is 1. The number of benzene rings is 1. The Morgan fingerprint density at radius 1 is 1.15 bits per heavy atom. The van der Waals surface area contributed by atoms with E-state index in [1.165, 1.54) is 16.4 Å². The van der Waals surface area contributed by atoms with Crippen molar-refractivity contribution in [2.75, 3.05) is 25.0 Å². The Morgan fingerprint density at radius 2 is 1.77 bits per heavy atom. The molecule has 1 aromatic carbocycles. The Morgan fingerprint density at radius 3 is 2.35 bits per heavy atom. The van der Waals surface area contributed by atoms with Gasteiger partial charge in [-0.3, -0.25) is 9.59 Å². The predicted octanol–water partition coefficient (Wildman–Crippen LogP) is 2.00. The van der Waals surface area contributed by atoms with E-state index in [1.54, 1.807) is 12.1 Å². The highest BCUT2D eigenvalue weighted by atomic mass is 32.2. The van der Waals surface area contributed by atoms with Crippen molar-refractivity contribution in [2.24, 2.45) is 11.8 Å². The molecular weight excluding hydrogens is 356 g/mol. The number of nitrogens with zero attached hydrogens (tertiary/aromatic N) is 1. The van der Waals surface area contributed by atoms with E-state index in [1.807, 2.05) is 6.92 Å². The molecule has 2 aliphatic rings. The van der Waals surface area contributed by atoms with Gasteiger partial charge in [0.2, 0.25) is 10.0 Å². The summed E-state index contributed by atoms with van der Waals surface area (Å²) in [4.78, 5) is 23.7. The van der Waals surface area contributed by atoms with Crippen molar-refractivity contribution in [3.63, 3.8) is 0 Å². The molecule has 1 saturated carbocycles. The van der Waals surface area contributed by atoms with Crippen LogP contribution >= 0.6 is 0 Å². The SMILES string of the molecule is C[C@@H]1C[C@H]1C(=O)OCC(=O)Nc1ccc(S(=O)(=O)N2CCCCC2)cc1. The molecular formula is C18H24N2O5S. The standard InChI is InChI=1S/C18H24N2O5S/c1-13-11-16(13)18(22)25-12-17(21)19-14-5-7-15(8-6-14)26(23,24)20-9-3-2-4-10-20/h5-8,13,16H,2-4,9-12H2,1H3,(H,19,21)/t13-,16-/m1/s1. The van der Waals surface area contributed by atoms with Gasteiger partial charge >= 0.3 is 5.97 Å². The van der Waals surface area contributed by atoms with Gasteiger partial charge in [-0.2, -0.15) is 4.31 Å². The molecule has 1 N–H and O–H groups in total. The molecule has 1 aromatic rings. The first-order chi connectivity index (χ1) is 12.4. The maximum atomic E-state index is 12.6. The van der Waals surface area contributed by atoms with E-state index in [0.29, 0.717) is 24.7 Å². The van der Waals surface area contributed by atoms with Crippen molar-refractivity contribution in [3.05, 3.63) is 24.3 Å². The summed E-state index contributed by atoms with van der Waals surface area (Å²) in [5, 5.41) is 2.60. The average Bonchev–Trinajstić information content (AvgIpc) is 3.38. The van der Waals surface area contributed by atoms with Crippen molar-refractivity contribution >= 4 is 27.6 Å². The molecule has 1 saturated heterocycles. The Bertz CT molecular complexity index is 769. The zero-order chi connectivity index (χ0) is 18.7. The second-order valence-electron chi connectivity index (χ2n) is 6.96. The van der Waals surface area contributed by atoms with Crippen molar-refractivity contribution in [1.82, 2.24) is 4.31 Å². The Hall–Kier alpha value is -1.93. The van der Waals surface area contributed by atoms with Gasteiger partial charge in [0.15, 0.2) is 6.61 Å². The molecule has 142 valence electrons. The summed E-state index contributed by atoms with van der Waals surface area (Å²) in [6.07, 6.45) is 3.63. The summed E-state index contributed by atoms with van der Waals surface area (Å²) in [5.41, 5.74) is 0.462. The van der Waals surface area contributed by atoms with E-state index in [9.17, 15) is 18.0 Å². The van der Waals surface area contributed by atoms with E-state index in [-0.39, 0.29) is 23.4 Å². The van der Waals surface area contributed by atoms with E-state index >= 15 is 0 Å². The van der Waals surface area contributed by atoms with Crippen LogP contribution in [0.2, 0.25) is 0 Å². The molecule has 8 heteroatoms. The van der Waals surface area contributed by atoms with Crippen LogP contribution in [0.15, 0.2) is 29.2 Å². The van der Waals surface area contributed by atoms with Gasteiger partial charge in [0.25, 0.3) is 5.91 Å². The Labute approximate surface area is 153 Å². The first-order valence-corrected chi connectivity index (χ1v) is 10.4. The number of sulfonamides is 1. The largest absolute Gasteiger partial charge is 0.455 e. The monoisotopic (exact) mass is 380 g/mol. The number of amides is 1. The van der Waals surface area contributed by atoms with Gasteiger partial charge in [-0.15, -0.1) is 0 Å². The third-order valence-electron chi connectivity index (χ3n) is 4.85. The van der Waals surface area contributed by atoms with Crippen LogP contribution in [-0.4, -0.2) is 44.3 Å². The first kappa shape index (κ1) is 18.8. The summed E-state index contributed by atoms with van der Waals surface area (Å²) in [5.74, 6) is -0.532. The van der Waals surface area contributed by atoms with Crippen molar-refractivity contribution in [3.8, 4) is 0 Å². The number of carbonyl (C=O) groups is 2. The van der Waals surface area contributed by atoms with Crippen molar-refractivity contribution in [2.45, 2.75) is 37.5 Å². The first-order valence-electron chi connectivity index (χ1n) is 8.94. The van der Waals surface area contributed by atoms with Crippen LogP contribution in [0.5, 0.6) is 0 Å². The fourth-order valence-electron chi connectivity index (χ4n) is 3.06. The minimum atomic E-state index is -3.49. The molecule has 0 aromatic heterocycles. The minimum Gasteiger partial charge on any atom is -0.455 e. The molecule has 2 atom stereocenters. The van der Waals surface area contributed by atoms with Crippen LogP contribution < -0.4 is 5.32 Å². The second-order valence-corrected chi connectivity index (χ2v) is 8.90. The molecule has 0 bridgehead atoms. The lowest BCUT2D eigenvalue weighted by Crippen LogP contribution is -2.35. The molecule has 7 nitrogen and oxygen atoms in total. The fourth-order valence-corrected chi connectivity index (χ4v) is 4.57. The molecule has 1 aliphatic heterocycles. The number of hydrogen-bond donors (Lipinski definition) is 1. The number of rotatable bonds is 6. The lowest BCUT2D eigenvalue weighted by atomic mass is 10.2. The third-order valence-corrected chi connectivity index (χ3v) is 6.76. The van der Waals surface area contributed by atoms with E-state index in [4.69, 9.17) is 4.74 Å². The number of nitrogens with one attached hydrogen (secondary N) is 1. The van der Waals surface area contributed by atoms with Crippen LogP contribution in [0.3, 0.4) is 0 Å². The minimum absolute atomic E-state index is 0.0814. The van der Waals surface area contributed by atoms with Crippen LogP contribution in [-0.2, 0) is 24.3 Å². The van der Waals surface area contributed by atoms with Crippen molar-refractivity contribution in [1.29, 1.82) is 0 Å². The maximum Gasteiger partial charge on any atom is 0.309 e. The summed E-state index contributed by atoms with van der Waals surface area (Å²) in [6, 6.07) is 6.05. The van der Waals surface area contributed by atoms with Gasteiger partial charge < -0.3 is 10.1 Å². The molecule has 3 rings (SSSR count). The molecule has 1 aliphatic carbocycles. The quantitative estimate of drug-likeness (QED) is 0.762. The highest BCUT2D eigenvalue weighted by Gasteiger charge is 2.40. The van der Waals surface area contributed by atoms with Crippen LogP contribution in [0.25, 0.3) is 0 Å². The van der Waals surface area contributed by atoms with Gasteiger partial charge in [0.05, 0.1) is 10.8 Å². The number of ether oxygens (including phenoxy) is 1. The Balaban J connectivity index is 1.53. The molecule has 1 amide bonds. The van der Waals surface area contributed by atoms with Crippen LogP contribution in [0.4, 0.5) is 5.69 Å². The van der Waals surface area contributed by atoms with Gasteiger partial charge in [-0.1, -0.05) is 13.3 Å². The summed E-state index contributed by atoms with van der Waals surface area (Å²) in [7, 11) is -3.49. The summed E-state index contributed by atoms with van der Waals surface area (Å²) in [6.45, 7) is 2.72. The van der Waals surface area contributed by atoms with Gasteiger partial charge in [0.1, 0.15) is 0 Å². The average molecular weight is 380 g/mol. The molecule has 1 heterocycles. The molecule has 26 heavy (non-hydrogen) atoms. The smallest absolute Gasteiger partial charge is 0.309 e. The van der Waals surface area contributed by atoms with Crippen molar-refractivity contribution < 1.29 is 22.7 Å². The summed E-state index contributed by atoms with van der Waals surface area (Å²) < 4.78 is 31.6. The molecule has 0 unspecified atom stereocenters. The normalized spacial score (nSPS) is 23.3. The maximum absolute atomic E-state index is 12.6. The second kappa shape index (κ2) is 7.75. The topological polar surface area (TPSA) is 92.8 Å². The fraction of sp³-hybridized carbons (Fsp3) is 0.556. The van der Waals surface area contributed by atoms with E-state index < -0.39 is 15.9 Å². The number of carbonyl (C=O) groups excluding carboxylic acids is 2. The molecule has 0 radical (unpaired) electrons. The zero-order valence-electron chi connectivity index (χ0n) is 14.8. The highest BCUT2D eigenvalue weighted by molar-refractivity contribution is 7.89. The molecule has 2 fully saturated rings. The highest BCUT2D eigenvalue weighted by Crippen LogP contribution is 2.38. The van der Waals surface area contributed by atoms with Gasteiger partial charge in [-0.05, 0) is 49.4 Å². The van der Waals surface area contributed by atoms with Gasteiger partial charge in [-0.25, -0.2) is 8.42 Å². The lowest BCUT2D eigenvalue weighted by molar-refractivity contribution is -0.148. The van der Waals surface area contributed by atoms with E-state index in [2.05, 4.69) is 5.32 Å². The van der Waals surface area contributed by atoms with E-state index in [0.717, 1.165) is 25.7 Å². The number of hydrogen-bond acceptors (Lipinski definition) is 5. The third kappa shape index (κ3) is 4.42. The van der Waals surface area contributed by atoms with Crippen LogP contribution in [0, 0.1) is 11.8 Å². The van der Waals surface area contributed by atoms with Gasteiger partial charge in [0, 0.05) is 18.8 Å². The number of piperidine rings is 1. The Kier molecular flexibility index (Phi) is 5.62. The lowest BCUT2D eigenvalue weighted by Gasteiger charge is -2.25. The molecule has 0 spiro atoms. The summed E-state index contributed by atoms with van der Waals surface area (Å²) >= 11 is 0. The predicted molar refractivity (Wildman–Crippen MR) is 95.9 cm³/mol.